The molecule has 6 nitrogen and oxygen atoms in total. The van der Waals surface area contributed by atoms with Gasteiger partial charge in [0.05, 0.1) is 11.0 Å². The highest BCUT2D eigenvalue weighted by Gasteiger charge is 2.30. The Morgan fingerprint density at radius 1 is 1.37 bits per heavy atom. The molecular formula is C12H12FNO5. The van der Waals surface area contributed by atoms with Crippen molar-refractivity contribution in [3.05, 3.63) is 39.9 Å². The summed E-state index contributed by atoms with van der Waals surface area (Å²) >= 11 is 0. The first-order valence-corrected chi connectivity index (χ1v) is 5.46. The molecule has 0 spiro atoms. The molecule has 0 aliphatic rings. The summed E-state index contributed by atoms with van der Waals surface area (Å²) in [4.78, 5) is 32.7. The number of esters is 1. The Morgan fingerprint density at radius 3 is 2.53 bits per heavy atom. The molecule has 102 valence electrons. The van der Waals surface area contributed by atoms with Crippen molar-refractivity contribution in [2.45, 2.75) is 26.1 Å². The molecule has 0 heterocycles. The van der Waals surface area contributed by atoms with E-state index in [0.717, 1.165) is 12.1 Å². The number of rotatable bonds is 5. The number of hydrogen-bond acceptors (Lipinski definition) is 5. The van der Waals surface area contributed by atoms with E-state index in [2.05, 4.69) is 4.74 Å². The van der Waals surface area contributed by atoms with Crippen LogP contribution in [0.4, 0.5) is 10.1 Å². The molecule has 19 heavy (non-hydrogen) atoms. The predicted molar refractivity (Wildman–Crippen MR) is 63.6 cm³/mol. The van der Waals surface area contributed by atoms with Gasteiger partial charge in [-0.25, -0.2) is 9.18 Å². The lowest BCUT2D eigenvalue weighted by Crippen LogP contribution is -2.29. The third kappa shape index (κ3) is 3.84. The molecule has 0 fully saturated rings. The Labute approximate surface area is 108 Å². The molecule has 0 bridgehead atoms. The molecule has 1 unspecified atom stereocenters. The number of carbonyl (C=O) groups excluding carboxylic acids is 2. The fraction of sp³-hybridized carbons (Fsp3) is 0.333. The Bertz CT molecular complexity index is 515. The van der Waals surface area contributed by atoms with Crippen LogP contribution in [0.5, 0.6) is 0 Å². The molecule has 7 heteroatoms. The minimum absolute atomic E-state index is 0.248. The summed E-state index contributed by atoms with van der Waals surface area (Å²) in [6.45, 7) is 3.03. The van der Waals surface area contributed by atoms with Gasteiger partial charge < -0.3 is 4.74 Å². The first kappa shape index (κ1) is 14.7. The molecule has 1 aromatic carbocycles. The normalized spacial score (nSPS) is 12.0. The number of Topliss-reactive ketones (excluding diaryl/α,β-unsaturated/α-hetero) is 1. The maximum atomic E-state index is 13.6. The third-order valence-corrected chi connectivity index (χ3v) is 2.13. The first-order valence-electron chi connectivity index (χ1n) is 5.46. The lowest BCUT2D eigenvalue weighted by molar-refractivity contribution is -0.384. The van der Waals surface area contributed by atoms with Crippen LogP contribution in [0.1, 0.15) is 24.2 Å². The van der Waals surface area contributed by atoms with Gasteiger partial charge in [-0.3, -0.25) is 14.9 Å². The smallest absolute Gasteiger partial charge is 0.349 e. The maximum Gasteiger partial charge on any atom is 0.349 e. The van der Waals surface area contributed by atoms with E-state index in [1.54, 1.807) is 0 Å². The average molecular weight is 269 g/mol. The zero-order valence-electron chi connectivity index (χ0n) is 10.3. The van der Waals surface area contributed by atoms with Crippen LogP contribution in [0.2, 0.25) is 0 Å². The number of nitro benzene ring substituents is 1. The molecule has 0 saturated heterocycles. The second-order valence-electron chi connectivity index (χ2n) is 4.02. The molecule has 0 radical (unpaired) electrons. The average Bonchev–Trinajstić information content (AvgIpc) is 2.36. The molecule has 0 amide bonds. The summed E-state index contributed by atoms with van der Waals surface area (Å²) in [6.07, 6.45) is -3.03. The van der Waals surface area contributed by atoms with Gasteiger partial charge >= 0.3 is 5.97 Å². The van der Waals surface area contributed by atoms with Crippen molar-refractivity contribution in [1.82, 2.24) is 0 Å². The zero-order chi connectivity index (χ0) is 14.6. The van der Waals surface area contributed by atoms with E-state index in [1.165, 1.54) is 26.0 Å². The fourth-order valence-corrected chi connectivity index (χ4v) is 1.32. The number of carbonyl (C=O) groups is 2. The predicted octanol–water partition coefficient (Wildman–Crippen LogP) is 2.07. The Kier molecular flexibility index (Phi) is 4.68. The Morgan fingerprint density at radius 2 is 2.00 bits per heavy atom. The second kappa shape index (κ2) is 6.03. The number of benzene rings is 1. The van der Waals surface area contributed by atoms with Crippen molar-refractivity contribution >= 4 is 17.4 Å². The largest absolute Gasteiger partial charge is 0.460 e. The topological polar surface area (TPSA) is 86.5 Å². The number of ether oxygens (including phenoxy) is 1. The maximum absolute atomic E-state index is 13.6. The van der Waals surface area contributed by atoms with Crippen molar-refractivity contribution < 1.29 is 23.6 Å². The highest BCUT2D eigenvalue weighted by molar-refractivity contribution is 6.11. The molecule has 0 aliphatic carbocycles. The number of nitro groups is 1. The number of ketones is 1. The standard InChI is InChI=1S/C12H12FNO5/c1-7(2)19-12(16)10(13)11(15)8-4-3-5-9(6-8)14(17)18/h3-7,10H,1-2H3. The van der Waals surface area contributed by atoms with Gasteiger partial charge in [0.1, 0.15) is 0 Å². The second-order valence-corrected chi connectivity index (χ2v) is 4.02. The van der Waals surface area contributed by atoms with Gasteiger partial charge in [0.25, 0.3) is 11.9 Å². The van der Waals surface area contributed by atoms with Gasteiger partial charge in [-0.05, 0) is 13.8 Å². The van der Waals surface area contributed by atoms with Gasteiger partial charge in [-0.1, -0.05) is 12.1 Å². The highest BCUT2D eigenvalue weighted by atomic mass is 19.1. The van der Waals surface area contributed by atoms with E-state index in [4.69, 9.17) is 0 Å². The summed E-state index contributed by atoms with van der Waals surface area (Å²) in [5.41, 5.74) is -0.599. The minimum atomic E-state index is -2.48. The molecule has 0 saturated carbocycles. The van der Waals surface area contributed by atoms with Crippen LogP contribution >= 0.6 is 0 Å². The molecule has 0 aromatic heterocycles. The zero-order valence-corrected chi connectivity index (χ0v) is 10.3. The molecule has 0 N–H and O–H groups in total. The summed E-state index contributed by atoms with van der Waals surface area (Å²) < 4.78 is 18.1. The lowest BCUT2D eigenvalue weighted by Gasteiger charge is -2.10. The van der Waals surface area contributed by atoms with E-state index in [1.807, 2.05) is 0 Å². The minimum Gasteiger partial charge on any atom is -0.460 e. The monoisotopic (exact) mass is 269 g/mol. The Hall–Kier alpha value is -2.31. The van der Waals surface area contributed by atoms with E-state index in [-0.39, 0.29) is 11.3 Å². The van der Waals surface area contributed by atoms with Crippen LogP contribution in [0.15, 0.2) is 24.3 Å². The summed E-state index contributed by atoms with van der Waals surface area (Å²) in [5.74, 6) is -2.46. The molecular weight excluding hydrogens is 257 g/mol. The number of halogens is 1. The van der Waals surface area contributed by atoms with Gasteiger partial charge in [0.2, 0.25) is 5.78 Å². The van der Waals surface area contributed by atoms with E-state index < -0.39 is 29.0 Å². The van der Waals surface area contributed by atoms with Crippen LogP contribution in [0, 0.1) is 10.1 Å². The molecule has 1 atom stereocenters. The van der Waals surface area contributed by atoms with Crippen LogP contribution in [-0.2, 0) is 9.53 Å². The van der Waals surface area contributed by atoms with Gasteiger partial charge in [0.15, 0.2) is 0 Å². The fourth-order valence-electron chi connectivity index (χ4n) is 1.32. The molecule has 1 aromatic rings. The molecule has 1 rings (SSSR count). The Balaban J connectivity index is 2.91. The van der Waals surface area contributed by atoms with Crippen molar-refractivity contribution in [3.8, 4) is 0 Å². The van der Waals surface area contributed by atoms with Gasteiger partial charge in [-0.15, -0.1) is 0 Å². The highest BCUT2D eigenvalue weighted by Crippen LogP contribution is 2.16. The van der Waals surface area contributed by atoms with Crippen molar-refractivity contribution in [1.29, 1.82) is 0 Å². The van der Waals surface area contributed by atoms with E-state index >= 15 is 0 Å². The molecule has 0 aliphatic heterocycles. The lowest BCUT2D eigenvalue weighted by atomic mass is 10.1. The first-order chi connectivity index (χ1) is 8.82. The number of nitrogens with zero attached hydrogens (tertiary/aromatic N) is 1. The number of alkyl halides is 1. The van der Waals surface area contributed by atoms with Gasteiger partial charge in [0, 0.05) is 17.7 Å². The summed E-state index contributed by atoms with van der Waals surface area (Å²) in [7, 11) is 0. The quantitative estimate of drug-likeness (QED) is 0.268. The number of non-ortho nitro benzene ring substituents is 1. The number of hydrogen-bond donors (Lipinski definition) is 0. The van der Waals surface area contributed by atoms with Crippen molar-refractivity contribution in [2.24, 2.45) is 0 Å². The van der Waals surface area contributed by atoms with E-state index in [0.29, 0.717) is 0 Å². The van der Waals surface area contributed by atoms with Crippen LogP contribution in [-0.4, -0.2) is 29.0 Å². The van der Waals surface area contributed by atoms with Gasteiger partial charge in [-0.2, -0.15) is 0 Å². The SMILES string of the molecule is CC(C)OC(=O)C(F)C(=O)c1cccc([N+](=O)[O-])c1. The summed E-state index contributed by atoms with van der Waals surface area (Å²) in [5, 5.41) is 10.5. The van der Waals surface area contributed by atoms with E-state index in [9.17, 15) is 24.1 Å². The van der Waals surface area contributed by atoms with Crippen LogP contribution in [0.25, 0.3) is 0 Å². The van der Waals surface area contributed by atoms with Crippen LogP contribution in [0.3, 0.4) is 0 Å². The van der Waals surface area contributed by atoms with Crippen molar-refractivity contribution in [3.63, 3.8) is 0 Å². The summed E-state index contributed by atoms with van der Waals surface area (Å²) in [6, 6.07) is 4.52. The van der Waals surface area contributed by atoms with Crippen LogP contribution < -0.4 is 0 Å². The van der Waals surface area contributed by atoms with Crippen molar-refractivity contribution in [2.75, 3.05) is 0 Å². The third-order valence-electron chi connectivity index (χ3n) is 2.13.